The fourth-order valence-corrected chi connectivity index (χ4v) is 1.74. The molecule has 19 heavy (non-hydrogen) atoms. The molecular formula is C15H17N3O. The molecule has 0 saturated heterocycles. The molecule has 0 aliphatic heterocycles. The van der Waals surface area contributed by atoms with Crippen LogP contribution in [0.15, 0.2) is 48.5 Å². The Bertz CT molecular complexity index is 540. The van der Waals surface area contributed by atoms with Crippen molar-refractivity contribution in [1.29, 1.82) is 0 Å². The first-order valence-electron chi connectivity index (χ1n) is 6.26. The van der Waals surface area contributed by atoms with Crippen LogP contribution >= 0.6 is 0 Å². The molecule has 2 amide bonds. The Morgan fingerprint density at radius 1 is 1.11 bits per heavy atom. The lowest BCUT2D eigenvalue weighted by Gasteiger charge is -2.07. The SMILES string of the molecule is Cc1cccc(NC(=O)NCCc2ccccc2)n1. The van der Waals surface area contributed by atoms with Crippen molar-refractivity contribution >= 4 is 11.8 Å². The van der Waals surface area contributed by atoms with Crippen LogP contribution in [0.1, 0.15) is 11.3 Å². The van der Waals surface area contributed by atoms with Gasteiger partial charge in [0.2, 0.25) is 0 Å². The Labute approximate surface area is 112 Å². The summed E-state index contributed by atoms with van der Waals surface area (Å²) in [6.45, 7) is 2.49. The maximum atomic E-state index is 11.7. The molecule has 0 aliphatic rings. The van der Waals surface area contributed by atoms with Gasteiger partial charge >= 0.3 is 6.03 Å². The molecule has 2 N–H and O–H groups in total. The second-order valence-electron chi connectivity index (χ2n) is 4.28. The van der Waals surface area contributed by atoms with E-state index in [4.69, 9.17) is 0 Å². The number of benzene rings is 1. The van der Waals surface area contributed by atoms with E-state index >= 15 is 0 Å². The average molecular weight is 255 g/mol. The predicted molar refractivity (Wildman–Crippen MR) is 76.1 cm³/mol. The Morgan fingerprint density at radius 3 is 2.63 bits per heavy atom. The van der Waals surface area contributed by atoms with Gasteiger partial charge in [0.25, 0.3) is 0 Å². The van der Waals surface area contributed by atoms with Crippen LogP contribution in [0.2, 0.25) is 0 Å². The van der Waals surface area contributed by atoms with Crippen LogP contribution in [0.4, 0.5) is 10.6 Å². The summed E-state index contributed by atoms with van der Waals surface area (Å²) >= 11 is 0. The fourth-order valence-electron chi connectivity index (χ4n) is 1.74. The Morgan fingerprint density at radius 2 is 1.89 bits per heavy atom. The zero-order valence-electron chi connectivity index (χ0n) is 10.9. The standard InChI is InChI=1S/C15H17N3O/c1-12-6-5-9-14(17-12)18-15(19)16-11-10-13-7-3-2-4-8-13/h2-9H,10-11H2,1H3,(H2,16,17,18,19). The van der Waals surface area contributed by atoms with Gasteiger partial charge in [0.1, 0.15) is 5.82 Å². The molecule has 0 saturated carbocycles. The minimum Gasteiger partial charge on any atom is -0.337 e. The molecule has 1 heterocycles. The fraction of sp³-hybridized carbons (Fsp3) is 0.200. The van der Waals surface area contributed by atoms with E-state index in [1.165, 1.54) is 5.56 Å². The highest BCUT2D eigenvalue weighted by atomic mass is 16.2. The van der Waals surface area contributed by atoms with Gasteiger partial charge in [-0.2, -0.15) is 0 Å². The van der Waals surface area contributed by atoms with Crippen molar-refractivity contribution in [1.82, 2.24) is 10.3 Å². The maximum Gasteiger partial charge on any atom is 0.320 e. The quantitative estimate of drug-likeness (QED) is 0.882. The van der Waals surface area contributed by atoms with Crippen LogP contribution in [0, 0.1) is 6.92 Å². The molecule has 1 aromatic heterocycles. The maximum absolute atomic E-state index is 11.7. The molecule has 2 rings (SSSR count). The molecular weight excluding hydrogens is 238 g/mol. The number of aromatic nitrogens is 1. The van der Waals surface area contributed by atoms with Crippen LogP contribution in [-0.4, -0.2) is 17.6 Å². The van der Waals surface area contributed by atoms with E-state index in [-0.39, 0.29) is 6.03 Å². The molecule has 1 aromatic carbocycles. The van der Waals surface area contributed by atoms with Gasteiger partial charge in [-0.25, -0.2) is 9.78 Å². The number of nitrogens with zero attached hydrogens (tertiary/aromatic N) is 1. The van der Waals surface area contributed by atoms with Gasteiger partial charge in [-0.1, -0.05) is 36.4 Å². The minimum atomic E-state index is -0.228. The molecule has 0 spiro atoms. The number of carbonyl (C=O) groups is 1. The number of carbonyl (C=O) groups excluding carboxylic acids is 1. The Balaban J connectivity index is 1.76. The lowest BCUT2D eigenvalue weighted by Crippen LogP contribution is -2.30. The number of nitrogens with one attached hydrogen (secondary N) is 2. The van der Waals surface area contributed by atoms with Crippen LogP contribution < -0.4 is 10.6 Å². The summed E-state index contributed by atoms with van der Waals surface area (Å²) in [6.07, 6.45) is 0.815. The summed E-state index contributed by atoms with van der Waals surface area (Å²) in [5.41, 5.74) is 2.08. The van der Waals surface area contributed by atoms with Crippen molar-refractivity contribution in [2.45, 2.75) is 13.3 Å². The molecule has 0 unspecified atom stereocenters. The van der Waals surface area contributed by atoms with Gasteiger partial charge in [0, 0.05) is 12.2 Å². The van der Waals surface area contributed by atoms with E-state index in [2.05, 4.69) is 15.6 Å². The normalized spacial score (nSPS) is 9.95. The number of anilines is 1. The van der Waals surface area contributed by atoms with Crippen LogP contribution in [0.25, 0.3) is 0 Å². The lowest BCUT2D eigenvalue weighted by molar-refractivity contribution is 0.252. The van der Waals surface area contributed by atoms with E-state index < -0.39 is 0 Å². The van der Waals surface area contributed by atoms with Gasteiger partial charge in [-0.15, -0.1) is 0 Å². The highest BCUT2D eigenvalue weighted by Crippen LogP contribution is 2.03. The van der Waals surface area contributed by atoms with Crippen LogP contribution in [0.3, 0.4) is 0 Å². The number of urea groups is 1. The van der Waals surface area contributed by atoms with Crippen molar-refractivity contribution in [2.24, 2.45) is 0 Å². The second kappa shape index (κ2) is 6.54. The number of aryl methyl sites for hydroxylation is 1. The number of amides is 2. The smallest absolute Gasteiger partial charge is 0.320 e. The Hall–Kier alpha value is -2.36. The molecule has 0 radical (unpaired) electrons. The summed E-state index contributed by atoms with van der Waals surface area (Å²) in [6, 6.07) is 15.3. The van der Waals surface area contributed by atoms with Crippen molar-refractivity contribution in [3.05, 3.63) is 59.8 Å². The largest absolute Gasteiger partial charge is 0.337 e. The molecule has 0 aliphatic carbocycles. The summed E-state index contributed by atoms with van der Waals surface area (Å²) in [4.78, 5) is 15.9. The molecule has 0 fully saturated rings. The lowest BCUT2D eigenvalue weighted by atomic mass is 10.1. The molecule has 4 heteroatoms. The van der Waals surface area contributed by atoms with E-state index in [0.29, 0.717) is 12.4 Å². The van der Waals surface area contributed by atoms with E-state index in [0.717, 1.165) is 12.1 Å². The first-order chi connectivity index (χ1) is 9.24. The number of pyridine rings is 1. The molecule has 0 bridgehead atoms. The van der Waals surface area contributed by atoms with Crippen LogP contribution in [-0.2, 0) is 6.42 Å². The summed E-state index contributed by atoms with van der Waals surface area (Å²) in [5, 5.41) is 5.52. The molecule has 2 aromatic rings. The van der Waals surface area contributed by atoms with Crippen molar-refractivity contribution < 1.29 is 4.79 Å². The summed E-state index contributed by atoms with van der Waals surface area (Å²) in [7, 11) is 0. The first-order valence-corrected chi connectivity index (χ1v) is 6.26. The number of hydrogen-bond acceptors (Lipinski definition) is 2. The van der Waals surface area contributed by atoms with Gasteiger partial charge in [-0.3, -0.25) is 5.32 Å². The molecule has 0 atom stereocenters. The number of hydrogen-bond donors (Lipinski definition) is 2. The van der Waals surface area contributed by atoms with Crippen molar-refractivity contribution in [3.63, 3.8) is 0 Å². The Kier molecular flexibility index (Phi) is 4.50. The third kappa shape index (κ3) is 4.43. The molecule has 98 valence electrons. The minimum absolute atomic E-state index is 0.228. The van der Waals surface area contributed by atoms with E-state index in [1.54, 1.807) is 6.07 Å². The first kappa shape index (κ1) is 13.1. The van der Waals surface area contributed by atoms with Crippen molar-refractivity contribution in [2.75, 3.05) is 11.9 Å². The predicted octanol–water partition coefficient (Wildman–Crippen LogP) is 2.75. The van der Waals surface area contributed by atoms with Gasteiger partial charge in [-0.05, 0) is 31.0 Å². The monoisotopic (exact) mass is 255 g/mol. The van der Waals surface area contributed by atoms with Crippen LogP contribution in [0.5, 0.6) is 0 Å². The van der Waals surface area contributed by atoms with Gasteiger partial charge in [0.05, 0.1) is 0 Å². The highest BCUT2D eigenvalue weighted by Gasteiger charge is 2.02. The third-order valence-electron chi connectivity index (χ3n) is 2.67. The highest BCUT2D eigenvalue weighted by molar-refractivity contribution is 5.88. The van der Waals surface area contributed by atoms with E-state index in [9.17, 15) is 4.79 Å². The second-order valence-corrected chi connectivity index (χ2v) is 4.28. The summed E-state index contributed by atoms with van der Waals surface area (Å²) < 4.78 is 0. The average Bonchev–Trinajstić information content (AvgIpc) is 2.40. The van der Waals surface area contributed by atoms with Gasteiger partial charge in [0.15, 0.2) is 0 Å². The topological polar surface area (TPSA) is 54.0 Å². The zero-order chi connectivity index (χ0) is 13.5. The zero-order valence-corrected chi connectivity index (χ0v) is 10.9. The van der Waals surface area contributed by atoms with Crippen molar-refractivity contribution in [3.8, 4) is 0 Å². The molecule has 4 nitrogen and oxygen atoms in total. The van der Waals surface area contributed by atoms with Gasteiger partial charge < -0.3 is 5.32 Å². The van der Waals surface area contributed by atoms with E-state index in [1.807, 2.05) is 49.4 Å². The summed E-state index contributed by atoms with van der Waals surface area (Å²) in [5.74, 6) is 0.567. The number of rotatable bonds is 4. The third-order valence-corrected chi connectivity index (χ3v) is 2.67.